The number of hydrogen-bond acceptors (Lipinski definition) is 1. The summed E-state index contributed by atoms with van der Waals surface area (Å²) in [6.07, 6.45) is 6.82. The minimum Gasteiger partial charge on any atom is -0.378 e. The molecule has 3 rings (SSSR count). The van der Waals surface area contributed by atoms with Crippen molar-refractivity contribution in [2.75, 3.05) is 0 Å². The summed E-state index contributed by atoms with van der Waals surface area (Å²) in [5.41, 5.74) is 5.31. The Balaban J connectivity index is 2.07. The number of hydrogen-bond donors (Lipinski definition) is 1. The van der Waals surface area contributed by atoms with Crippen LogP contribution in [0.3, 0.4) is 0 Å². The molecule has 1 atom stereocenters. The van der Waals surface area contributed by atoms with Crippen molar-refractivity contribution in [2.45, 2.75) is 25.4 Å². The SMILES string of the molecule is C#CC(C)(O)Cc1cccc2c1Cc1ccccc1-2. The molecule has 94 valence electrons. The van der Waals surface area contributed by atoms with Crippen molar-refractivity contribution < 1.29 is 5.11 Å². The van der Waals surface area contributed by atoms with Crippen LogP contribution in [0.1, 0.15) is 23.6 Å². The monoisotopic (exact) mass is 248 g/mol. The van der Waals surface area contributed by atoms with E-state index in [1.54, 1.807) is 6.92 Å². The first-order valence-electron chi connectivity index (χ1n) is 6.50. The fourth-order valence-corrected chi connectivity index (χ4v) is 2.81. The van der Waals surface area contributed by atoms with Crippen molar-refractivity contribution in [3.8, 4) is 23.5 Å². The molecule has 0 fully saturated rings. The van der Waals surface area contributed by atoms with Crippen LogP contribution >= 0.6 is 0 Å². The highest BCUT2D eigenvalue weighted by Crippen LogP contribution is 2.38. The number of terminal acetylenes is 1. The van der Waals surface area contributed by atoms with Gasteiger partial charge in [0.2, 0.25) is 0 Å². The molecule has 0 bridgehead atoms. The lowest BCUT2D eigenvalue weighted by atomic mass is 9.92. The molecule has 0 aromatic heterocycles. The second-order valence-corrected chi connectivity index (χ2v) is 5.37. The largest absolute Gasteiger partial charge is 0.378 e. The highest BCUT2D eigenvalue weighted by molar-refractivity contribution is 5.77. The summed E-state index contributed by atoms with van der Waals surface area (Å²) in [6.45, 7) is 1.69. The lowest BCUT2D eigenvalue weighted by Crippen LogP contribution is -2.25. The van der Waals surface area contributed by atoms with E-state index in [9.17, 15) is 5.11 Å². The Morgan fingerprint density at radius 2 is 1.89 bits per heavy atom. The minimum absolute atomic E-state index is 0.501. The molecule has 1 heteroatoms. The standard InChI is InChI=1S/C18H16O/c1-3-18(2,19)12-14-8-6-10-16-15-9-5-4-7-13(15)11-17(14)16/h1,4-10,19H,11-12H2,2H3. The molecule has 1 aliphatic carbocycles. The van der Waals surface area contributed by atoms with Crippen LogP contribution in [0.2, 0.25) is 0 Å². The van der Waals surface area contributed by atoms with E-state index >= 15 is 0 Å². The maximum atomic E-state index is 10.1. The van der Waals surface area contributed by atoms with Crippen LogP contribution in [0, 0.1) is 12.3 Å². The Morgan fingerprint density at radius 3 is 2.68 bits per heavy atom. The average molecular weight is 248 g/mol. The van der Waals surface area contributed by atoms with Crippen LogP contribution in [0.4, 0.5) is 0 Å². The van der Waals surface area contributed by atoms with E-state index in [2.05, 4.69) is 42.3 Å². The molecule has 2 aromatic carbocycles. The third kappa shape index (κ3) is 2.05. The Labute approximate surface area is 113 Å². The van der Waals surface area contributed by atoms with Gasteiger partial charge in [0.1, 0.15) is 5.60 Å². The first-order valence-corrected chi connectivity index (χ1v) is 6.50. The van der Waals surface area contributed by atoms with Gasteiger partial charge in [0, 0.05) is 6.42 Å². The zero-order valence-electron chi connectivity index (χ0n) is 11.0. The predicted molar refractivity (Wildman–Crippen MR) is 77.8 cm³/mol. The Hall–Kier alpha value is -2.04. The summed E-state index contributed by atoms with van der Waals surface area (Å²) in [6, 6.07) is 14.7. The van der Waals surface area contributed by atoms with E-state index < -0.39 is 5.60 Å². The van der Waals surface area contributed by atoms with Crippen LogP contribution < -0.4 is 0 Å². The smallest absolute Gasteiger partial charge is 0.126 e. The lowest BCUT2D eigenvalue weighted by molar-refractivity contribution is 0.123. The van der Waals surface area contributed by atoms with Crippen molar-refractivity contribution in [1.29, 1.82) is 0 Å². The summed E-state index contributed by atoms with van der Waals surface area (Å²) in [5, 5.41) is 10.1. The molecular formula is C18H16O. The van der Waals surface area contributed by atoms with E-state index in [-0.39, 0.29) is 0 Å². The van der Waals surface area contributed by atoms with Crippen molar-refractivity contribution in [3.05, 3.63) is 59.2 Å². The van der Waals surface area contributed by atoms with Crippen molar-refractivity contribution in [2.24, 2.45) is 0 Å². The molecule has 0 aliphatic heterocycles. The van der Waals surface area contributed by atoms with Gasteiger partial charge >= 0.3 is 0 Å². The molecule has 19 heavy (non-hydrogen) atoms. The number of aliphatic hydroxyl groups is 1. The molecule has 0 saturated heterocycles. The van der Waals surface area contributed by atoms with Crippen LogP contribution in [-0.4, -0.2) is 10.7 Å². The van der Waals surface area contributed by atoms with Crippen molar-refractivity contribution in [3.63, 3.8) is 0 Å². The zero-order valence-corrected chi connectivity index (χ0v) is 11.0. The quantitative estimate of drug-likeness (QED) is 0.691. The normalized spacial score (nSPS) is 15.2. The van der Waals surface area contributed by atoms with Crippen LogP contribution in [0.5, 0.6) is 0 Å². The molecule has 1 unspecified atom stereocenters. The average Bonchev–Trinajstić information content (AvgIpc) is 2.78. The predicted octanol–water partition coefficient (Wildman–Crippen LogP) is 3.18. The summed E-state index contributed by atoms with van der Waals surface area (Å²) in [5.74, 6) is 2.46. The third-order valence-electron chi connectivity index (χ3n) is 3.79. The molecule has 2 aromatic rings. The highest BCUT2D eigenvalue weighted by Gasteiger charge is 2.24. The highest BCUT2D eigenvalue weighted by atomic mass is 16.3. The topological polar surface area (TPSA) is 20.2 Å². The van der Waals surface area contributed by atoms with Gasteiger partial charge in [0.05, 0.1) is 0 Å². The summed E-state index contributed by atoms with van der Waals surface area (Å²) in [4.78, 5) is 0. The first-order chi connectivity index (χ1) is 9.11. The molecule has 0 spiro atoms. The van der Waals surface area contributed by atoms with Gasteiger partial charge in [-0.25, -0.2) is 0 Å². The minimum atomic E-state index is -1.08. The second-order valence-electron chi connectivity index (χ2n) is 5.37. The Kier molecular flexibility index (Phi) is 2.69. The zero-order chi connectivity index (χ0) is 13.5. The van der Waals surface area contributed by atoms with Gasteiger partial charge < -0.3 is 5.11 Å². The maximum absolute atomic E-state index is 10.1. The van der Waals surface area contributed by atoms with E-state index in [0.29, 0.717) is 6.42 Å². The van der Waals surface area contributed by atoms with Crippen LogP contribution in [0.15, 0.2) is 42.5 Å². The maximum Gasteiger partial charge on any atom is 0.126 e. The van der Waals surface area contributed by atoms with Gasteiger partial charge in [-0.1, -0.05) is 48.4 Å². The van der Waals surface area contributed by atoms with Crippen LogP contribution in [-0.2, 0) is 12.8 Å². The van der Waals surface area contributed by atoms with Gasteiger partial charge in [-0.05, 0) is 41.2 Å². The van der Waals surface area contributed by atoms with Gasteiger partial charge in [-0.2, -0.15) is 0 Å². The van der Waals surface area contributed by atoms with Gasteiger partial charge in [-0.15, -0.1) is 6.42 Å². The first kappa shape index (κ1) is 12.0. The number of benzene rings is 2. The van der Waals surface area contributed by atoms with Crippen LogP contribution in [0.25, 0.3) is 11.1 Å². The molecule has 1 aliphatic rings. The van der Waals surface area contributed by atoms with Gasteiger partial charge in [-0.3, -0.25) is 0 Å². The van der Waals surface area contributed by atoms with E-state index in [1.807, 2.05) is 6.07 Å². The summed E-state index contributed by atoms with van der Waals surface area (Å²) < 4.78 is 0. The van der Waals surface area contributed by atoms with E-state index in [4.69, 9.17) is 6.42 Å². The van der Waals surface area contributed by atoms with Gasteiger partial charge in [0.25, 0.3) is 0 Å². The van der Waals surface area contributed by atoms with Crippen molar-refractivity contribution >= 4 is 0 Å². The molecule has 0 heterocycles. The van der Waals surface area contributed by atoms with E-state index in [1.165, 1.54) is 22.3 Å². The molecule has 1 nitrogen and oxygen atoms in total. The molecule has 0 amide bonds. The number of rotatable bonds is 2. The molecule has 0 saturated carbocycles. The third-order valence-corrected chi connectivity index (χ3v) is 3.79. The Bertz CT molecular complexity index is 674. The fraction of sp³-hybridized carbons (Fsp3) is 0.222. The lowest BCUT2D eigenvalue weighted by Gasteiger charge is -2.18. The molecule has 1 N–H and O–H groups in total. The Morgan fingerprint density at radius 1 is 1.16 bits per heavy atom. The second kappa shape index (κ2) is 4.26. The van der Waals surface area contributed by atoms with E-state index in [0.717, 1.165) is 12.0 Å². The number of fused-ring (bicyclic) bond motifs is 3. The molecular weight excluding hydrogens is 232 g/mol. The summed E-state index contributed by atoms with van der Waals surface area (Å²) in [7, 11) is 0. The van der Waals surface area contributed by atoms with Gasteiger partial charge in [0.15, 0.2) is 0 Å². The molecule has 0 radical (unpaired) electrons. The van der Waals surface area contributed by atoms with Crippen molar-refractivity contribution in [1.82, 2.24) is 0 Å². The fourth-order valence-electron chi connectivity index (χ4n) is 2.81. The summed E-state index contributed by atoms with van der Waals surface area (Å²) >= 11 is 0.